The highest BCUT2D eigenvalue weighted by atomic mass is 19.1. The van der Waals surface area contributed by atoms with Gasteiger partial charge in [-0.2, -0.15) is 5.26 Å². The van der Waals surface area contributed by atoms with Gasteiger partial charge in [-0.1, -0.05) is 26.8 Å². The minimum absolute atomic E-state index is 0.126. The van der Waals surface area contributed by atoms with Gasteiger partial charge >= 0.3 is 0 Å². The summed E-state index contributed by atoms with van der Waals surface area (Å²) < 4.78 is 13.7. The highest BCUT2D eigenvalue weighted by Gasteiger charge is 2.39. The summed E-state index contributed by atoms with van der Waals surface area (Å²) in [6.07, 6.45) is 1.55. The average Bonchev–Trinajstić information content (AvgIpc) is 2.44. The third-order valence-electron chi connectivity index (χ3n) is 4.00. The number of hydrogen-bond donors (Lipinski definition) is 1. The summed E-state index contributed by atoms with van der Waals surface area (Å²) in [6.45, 7) is 7.23. The normalized spacial score (nSPS) is 14.2. The number of hydrogen-bond acceptors (Lipinski definition) is 3. The first-order chi connectivity index (χ1) is 10.2. The van der Waals surface area contributed by atoms with E-state index in [0.717, 1.165) is 6.07 Å². The van der Waals surface area contributed by atoms with Crippen molar-refractivity contribution in [1.29, 1.82) is 5.26 Å². The molecule has 2 aromatic rings. The lowest BCUT2D eigenvalue weighted by molar-refractivity contribution is 0.0869. The Balaban J connectivity index is 2.49. The summed E-state index contributed by atoms with van der Waals surface area (Å²) in [5.41, 5.74) is -1.03. The first-order valence-corrected chi connectivity index (χ1v) is 6.96. The quantitative estimate of drug-likeness (QED) is 0.923. The third kappa shape index (κ3) is 2.77. The molecule has 0 bridgehead atoms. The van der Waals surface area contributed by atoms with Crippen LogP contribution < -0.4 is 5.32 Å². The molecule has 0 unspecified atom stereocenters. The van der Waals surface area contributed by atoms with Crippen molar-refractivity contribution in [2.75, 3.05) is 0 Å². The fourth-order valence-corrected chi connectivity index (χ4v) is 2.01. The predicted octanol–water partition coefficient (Wildman–Crippen LogP) is 3.43. The lowest BCUT2D eigenvalue weighted by Gasteiger charge is -2.36. The molecule has 1 aromatic heterocycles. The van der Waals surface area contributed by atoms with Crippen LogP contribution in [0.3, 0.4) is 0 Å². The van der Waals surface area contributed by atoms with E-state index in [4.69, 9.17) is 0 Å². The number of nitrogens with zero attached hydrogens (tertiary/aromatic N) is 2. The Morgan fingerprint density at radius 1 is 1.32 bits per heavy atom. The lowest BCUT2D eigenvalue weighted by atomic mass is 9.75. The first kappa shape index (κ1) is 15.9. The molecule has 0 aliphatic rings. The van der Waals surface area contributed by atoms with Crippen LogP contribution in [-0.2, 0) is 0 Å². The maximum Gasteiger partial charge on any atom is 0.254 e. The molecule has 5 heteroatoms. The zero-order chi connectivity index (χ0) is 16.5. The Morgan fingerprint density at radius 2 is 2.00 bits per heavy atom. The number of nitriles is 1. The molecule has 1 atom stereocenters. The van der Waals surface area contributed by atoms with E-state index in [9.17, 15) is 14.4 Å². The summed E-state index contributed by atoms with van der Waals surface area (Å²) in [4.78, 5) is 16.7. The number of fused-ring (bicyclic) bond motifs is 1. The van der Waals surface area contributed by atoms with Gasteiger partial charge in [-0.3, -0.25) is 9.78 Å². The Morgan fingerprint density at radius 3 is 2.59 bits per heavy atom. The number of carbonyl (C=O) groups excluding carboxylic acids is 1. The van der Waals surface area contributed by atoms with Gasteiger partial charge in [0.25, 0.3) is 5.91 Å². The van der Waals surface area contributed by atoms with Gasteiger partial charge in [0.15, 0.2) is 0 Å². The fourth-order valence-electron chi connectivity index (χ4n) is 2.01. The summed E-state index contributed by atoms with van der Waals surface area (Å²) in [5, 5.41) is 12.7. The topological polar surface area (TPSA) is 65.8 Å². The van der Waals surface area contributed by atoms with Crippen LogP contribution in [0.1, 0.15) is 38.1 Å². The number of halogens is 1. The molecule has 0 saturated carbocycles. The Kier molecular flexibility index (Phi) is 3.89. The Hall–Kier alpha value is -2.48. The second-order valence-electron chi connectivity index (χ2n) is 6.47. The van der Waals surface area contributed by atoms with E-state index in [1.807, 2.05) is 20.8 Å². The van der Waals surface area contributed by atoms with Gasteiger partial charge in [0.1, 0.15) is 11.4 Å². The molecule has 22 heavy (non-hydrogen) atoms. The van der Waals surface area contributed by atoms with Gasteiger partial charge in [-0.15, -0.1) is 0 Å². The first-order valence-electron chi connectivity index (χ1n) is 6.96. The van der Waals surface area contributed by atoms with E-state index >= 15 is 0 Å². The smallest absolute Gasteiger partial charge is 0.254 e. The molecular weight excluding hydrogens is 281 g/mol. The second-order valence-corrected chi connectivity index (χ2v) is 6.47. The van der Waals surface area contributed by atoms with E-state index < -0.39 is 22.7 Å². The van der Waals surface area contributed by atoms with Gasteiger partial charge < -0.3 is 5.32 Å². The Bertz CT molecular complexity index is 774. The molecular formula is C17H18FN3O. The molecule has 0 fully saturated rings. The van der Waals surface area contributed by atoms with Crippen molar-refractivity contribution in [1.82, 2.24) is 10.3 Å². The largest absolute Gasteiger partial charge is 0.333 e. The fraction of sp³-hybridized carbons (Fsp3) is 0.353. The molecule has 0 spiro atoms. The summed E-state index contributed by atoms with van der Waals surface area (Å²) in [5.74, 6) is -1.03. The molecule has 0 radical (unpaired) electrons. The van der Waals surface area contributed by atoms with Crippen LogP contribution in [0.4, 0.5) is 4.39 Å². The van der Waals surface area contributed by atoms with Crippen molar-refractivity contribution >= 4 is 16.8 Å². The molecule has 0 aliphatic heterocycles. The number of amides is 1. The standard InChI is InChI=1S/C17H18FN3O/c1-16(2,3)17(4,10-19)21-15(22)13-9-12(18)8-11-6-5-7-20-14(11)13/h5-9H,1-4H3,(H,21,22)/t17-/m1/s1. The van der Waals surface area contributed by atoms with Crippen LogP contribution in [0.15, 0.2) is 30.5 Å². The Labute approximate surface area is 129 Å². The number of aromatic nitrogens is 1. The van der Waals surface area contributed by atoms with Gasteiger partial charge in [0.05, 0.1) is 17.1 Å². The number of carbonyl (C=O) groups is 1. The van der Waals surface area contributed by atoms with Crippen LogP contribution in [0, 0.1) is 22.6 Å². The maximum atomic E-state index is 13.7. The van der Waals surface area contributed by atoms with E-state index in [2.05, 4.69) is 16.4 Å². The van der Waals surface area contributed by atoms with Gasteiger partial charge in [-0.25, -0.2) is 4.39 Å². The van der Waals surface area contributed by atoms with E-state index in [-0.39, 0.29) is 5.56 Å². The molecule has 1 N–H and O–H groups in total. The molecule has 1 heterocycles. The maximum absolute atomic E-state index is 13.7. The van der Waals surface area contributed by atoms with Crippen molar-refractivity contribution in [3.05, 3.63) is 41.8 Å². The van der Waals surface area contributed by atoms with Crippen LogP contribution in [0.25, 0.3) is 10.9 Å². The van der Waals surface area contributed by atoms with Gasteiger partial charge in [0.2, 0.25) is 0 Å². The molecule has 114 valence electrons. The monoisotopic (exact) mass is 299 g/mol. The highest BCUT2D eigenvalue weighted by molar-refractivity contribution is 6.05. The summed E-state index contributed by atoms with van der Waals surface area (Å²) >= 11 is 0. The third-order valence-corrected chi connectivity index (χ3v) is 4.00. The molecule has 2 rings (SSSR count). The van der Waals surface area contributed by atoms with E-state index in [0.29, 0.717) is 10.9 Å². The highest BCUT2D eigenvalue weighted by Crippen LogP contribution is 2.30. The minimum atomic E-state index is -1.09. The lowest BCUT2D eigenvalue weighted by Crippen LogP contribution is -2.53. The number of benzene rings is 1. The van der Waals surface area contributed by atoms with Crippen LogP contribution in [0.5, 0.6) is 0 Å². The molecule has 0 saturated heterocycles. The van der Waals surface area contributed by atoms with Gasteiger partial charge in [0, 0.05) is 11.6 Å². The zero-order valence-electron chi connectivity index (χ0n) is 13.1. The van der Waals surface area contributed by atoms with Crippen molar-refractivity contribution in [2.24, 2.45) is 5.41 Å². The zero-order valence-corrected chi connectivity index (χ0v) is 13.1. The number of nitrogens with one attached hydrogen (secondary N) is 1. The van der Waals surface area contributed by atoms with Crippen LogP contribution in [-0.4, -0.2) is 16.4 Å². The summed E-state index contributed by atoms with van der Waals surface area (Å²) in [7, 11) is 0. The molecule has 4 nitrogen and oxygen atoms in total. The van der Waals surface area contributed by atoms with Crippen molar-refractivity contribution in [2.45, 2.75) is 33.2 Å². The second kappa shape index (κ2) is 5.38. The number of pyridine rings is 1. The van der Waals surface area contributed by atoms with Crippen molar-refractivity contribution < 1.29 is 9.18 Å². The summed E-state index contributed by atoms with van der Waals surface area (Å²) in [6, 6.07) is 7.97. The van der Waals surface area contributed by atoms with E-state index in [1.54, 1.807) is 25.3 Å². The molecule has 1 aromatic carbocycles. The van der Waals surface area contributed by atoms with Gasteiger partial charge in [-0.05, 0) is 30.5 Å². The van der Waals surface area contributed by atoms with Crippen molar-refractivity contribution in [3.63, 3.8) is 0 Å². The van der Waals surface area contributed by atoms with Crippen molar-refractivity contribution in [3.8, 4) is 6.07 Å². The molecule has 1 amide bonds. The van der Waals surface area contributed by atoms with Crippen LogP contribution >= 0.6 is 0 Å². The average molecular weight is 299 g/mol. The minimum Gasteiger partial charge on any atom is -0.333 e. The van der Waals surface area contributed by atoms with Crippen LogP contribution in [0.2, 0.25) is 0 Å². The predicted molar refractivity (Wildman–Crippen MR) is 82.6 cm³/mol. The SMILES string of the molecule is CC(C)(C)[C@@](C)(C#N)NC(=O)c1cc(F)cc2cccnc12. The number of rotatable bonds is 2. The van der Waals surface area contributed by atoms with E-state index in [1.165, 1.54) is 6.07 Å². The molecule has 0 aliphatic carbocycles.